The van der Waals surface area contributed by atoms with E-state index in [2.05, 4.69) is 58.9 Å². The zero-order chi connectivity index (χ0) is 45.2. The fourth-order valence-corrected chi connectivity index (χ4v) is 6.24. The van der Waals surface area contributed by atoms with Gasteiger partial charge >= 0.3 is 0 Å². The summed E-state index contributed by atoms with van der Waals surface area (Å²) < 4.78 is -0.0814. The number of hydrogen-bond donors (Lipinski definition) is 1. The molecule has 0 radical (unpaired) electrons. The first-order valence-electron chi connectivity index (χ1n) is 21.4. The SMILES string of the molecule is CC(C)(Br)c1ccc(C(C)(C)OOCCCCOOC(C)(C)c2ccc(C(C)(C)OOCCCCOOC(C)(C)c3ccc(C(C)(C)OOCCCCOO)cc3)cc2)cc1. The molecule has 0 atom stereocenters. The van der Waals surface area contributed by atoms with Crippen LogP contribution in [-0.2, 0) is 86.1 Å². The van der Waals surface area contributed by atoms with Crippen molar-refractivity contribution in [2.75, 3.05) is 39.6 Å². The molecular formula is C48H73BrO12. The summed E-state index contributed by atoms with van der Waals surface area (Å²) in [5.41, 5.74) is 2.91. The number of rotatable bonds is 31. The molecule has 3 aromatic rings. The van der Waals surface area contributed by atoms with Crippen molar-refractivity contribution >= 4 is 15.9 Å². The first-order chi connectivity index (χ1) is 28.6. The average molecular weight is 922 g/mol. The molecule has 0 heterocycles. The van der Waals surface area contributed by atoms with Crippen molar-refractivity contribution in [2.45, 2.75) is 154 Å². The monoisotopic (exact) mass is 920 g/mol. The van der Waals surface area contributed by atoms with E-state index in [4.69, 9.17) is 54.1 Å². The van der Waals surface area contributed by atoms with Crippen molar-refractivity contribution in [3.8, 4) is 0 Å². The van der Waals surface area contributed by atoms with Gasteiger partial charge in [0.25, 0.3) is 0 Å². The number of benzene rings is 3. The van der Waals surface area contributed by atoms with Crippen LogP contribution in [0, 0.1) is 0 Å². The number of hydrogen-bond acceptors (Lipinski definition) is 12. The van der Waals surface area contributed by atoms with Crippen LogP contribution in [-0.4, -0.2) is 44.9 Å². The molecule has 0 aliphatic carbocycles. The smallest absolute Gasteiger partial charge is 0.123 e. The van der Waals surface area contributed by atoms with Gasteiger partial charge in [0.1, 0.15) is 28.0 Å². The molecule has 12 nitrogen and oxygen atoms in total. The Morgan fingerprint density at radius 1 is 0.328 bits per heavy atom. The number of alkyl halides is 1. The minimum Gasteiger partial charge on any atom is -0.252 e. The molecule has 3 aromatic carbocycles. The first kappa shape index (κ1) is 53.0. The Balaban J connectivity index is 1.27. The fourth-order valence-electron chi connectivity index (χ4n) is 5.97. The Bertz CT molecular complexity index is 1650. The Kier molecular flexibility index (Phi) is 21.4. The van der Waals surface area contributed by atoms with Crippen molar-refractivity contribution in [1.29, 1.82) is 0 Å². The molecule has 0 aromatic heterocycles. The quantitative estimate of drug-likeness (QED) is 0.0286. The molecule has 13 heteroatoms. The second-order valence-electron chi connectivity index (χ2n) is 18.2. The van der Waals surface area contributed by atoms with Gasteiger partial charge in [0.2, 0.25) is 0 Å². The van der Waals surface area contributed by atoms with E-state index in [0.717, 1.165) is 53.5 Å². The van der Waals surface area contributed by atoms with Crippen molar-refractivity contribution < 1.29 is 59.0 Å². The summed E-state index contributed by atoms with van der Waals surface area (Å²) in [6.45, 7) is 26.3. The van der Waals surface area contributed by atoms with Gasteiger partial charge < -0.3 is 0 Å². The zero-order valence-corrected chi connectivity index (χ0v) is 40.3. The molecule has 0 fully saturated rings. The largest absolute Gasteiger partial charge is 0.252 e. The second kappa shape index (κ2) is 24.6. The fraction of sp³-hybridized carbons (Fsp3) is 0.625. The lowest BCUT2D eigenvalue weighted by atomic mass is 9.92. The van der Waals surface area contributed by atoms with Crippen molar-refractivity contribution in [3.05, 3.63) is 106 Å². The summed E-state index contributed by atoms with van der Waals surface area (Å²) in [5.74, 6) is 0. The number of halogens is 1. The van der Waals surface area contributed by atoms with Crippen LogP contribution >= 0.6 is 15.9 Å². The highest BCUT2D eigenvalue weighted by Crippen LogP contribution is 2.34. The van der Waals surface area contributed by atoms with E-state index in [0.29, 0.717) is 45.9 Å². The van der Waals surface area contributed by atoms with Crippen LogP contribution in [0.15, 0.2) is 72.8 Å². The molecule has 61 heavy (non-hydrogen) atoms. The van der Waals surface area contributed by atoms with E-state index >= 15 is 0 Å². The normalized spacial score (nSPS) is 13.3. The van der Waals surface area contributed by atoms with Crippen LogP contribution in [0.25, 0.3) is 0 Å². The minimum absolute atomic E-state index is 0.0814. The van der Waals surface area contributed by atoms with Crippen molar-refractivity contribution in [1.82, 2.24) is 0 Å². The van der Waals surface area contributed by atoms with Gasteiger partial charge in [0, 0.05) is 4.32 Å². The maximum absolute atomic E-state index is 8.41. The summed E-state index contributed by atoms with van der Waals surface area (Å²) in [6.07, 6.45) is 4.38. The topological polar surface area (TPSA) is 122 Å². The van der Waals surface area contributed by atoms with Gasteiger partial charge in [-0.25, -0.2) is 53.8 Å². The summed E-state index contributed by atoms with van der Waals surface area (Å²) >= 11 is 3.71. The van der Waals surface area contributed by atoms with E-state index < -0.39 is 28.0 Å². The highest BCUT2D eigenvalue weighted by molar-refractivity contribution is 9.09. The summed E-state index contributed by atoms with van der Waals surface area (Å²) in [5, 5.41) is 8.41. The maximum atomic E-state index is 8.41. The standard InChI is InChI=1S/C48H73BrO12/c1-43(2,49)37-19-21-38(22-20-37)44(3,4)57-53-33-15-16-34-54-60-47(9,10)41-27-29-42(30-28-41)48(11,12)61-56-36-18-17-35-55-59-46(7,8)40-25-23-39(24-26-40)45(5,6)58-52-32-14-13-31-51-50/h19-30,50H,13-18,31-36H2,1-12H3. The Labute approximate surface area is 373 Å². The van der Waals surface area contributed by atoms with Gasteiger partial charge in [-0.05, 0) is 155 Å². The molecular weight excluding hydrogens is 848 g/mol. The third-order valence-electron chi connectivity index (χ3n) is 10.3. The molecule has 0 aliphatic rings. The molecule has 0 unspecified atom stereocenters. The van der Waals surface area contributed by atoms with Crippen LogP contribution in [0.1, 0.15) is 155 Å². The Hall–Kier alpha value is -2.34. The lowest BCUT2D eigenvalue weighted by Crippen LogP contribution is -2.25. The summed E-state index contributed by atoms with van der Waals surface area (Å²) in [4.78, 5) is 60.7. The average Bonchev–Trinajstić information content (AvgIpc) is 3.21. The molecule has 0 aliphatic heterocycles. The third-order valence-corrected chi connectivity index (χ3v) is 10.7. The molecule has 0 saturated heterocycles. The molecule has 3 rings (SSSR count). The molecule has 0 bridgehead atoms. The number of unbranched alkanes of at least 4 members (excludes halogenated alkanes) is 3. The van der Waals surface area contributed by atoms with Gasteiger partial charge in [-0.15, -0.1) is 0 Å². The van der Waals surface area contributed by atoms with E-state index in [-0.39, 0.29) is 10.9 Å². The van der Waals surface area contributed by atoms with E-state index in [1.54, 1.807) is 0 Å². The van der Waals surface area contributed by atoms with Gasteiger partial charge in [-0.2, -0.15) is 0 Å². The van der Waals surface area contributed by atoms with Crippen LogP contribution in [0.3, 0.4) is 0 Å². The van der Waals surface area contributed by atoms with Crippen LogP contribution < -0.4 is 0 Å². The maximum Gasteiger partial charge on any atom is 0.123 e. The molecule has 0 saturated carbocycles. The molecule has 0 amide bonds. The van der Waals surface area contributed by atoms with E-state index in [1.165, 1.54) is 5.56 Å². The van der Waals surface area contributed by atoms with Crippen molar-refractivity contribution in [2.24, 2.45) is 0 Å². The first-order valence-corrected chi connectivity index (χ1v) is 22.2. The van der Waals surface area contributed by atoms with Crippen LogP contribution in [0.2, 0.25) is 0 Å². The summed E-state index contributed by atoms with van der Waals surface area (Å²) in [7, 11) is 0. The minimum atomic E-state index is -0.666. The third kappa shape index (κ3) is 18.4. The van der Waals surface area contributed by atoms with Gasteiger partial charge in [-0.1, -0.05) is 88.7 Å². The predicted octanol–water partition coefficient (Wildman–Crippen LogP) is 12.5. The summed E-state index contributed by atoms with van der Waals surface area (Å²) in [6, 6.07) is 24.4. The van der Waals surface area contributed by atoms with Crippen LogP contribution in [0.5, 0.6) is 0 Å². The Morgan fingerprint density at radius 2 is 0.508 bits per heavy atom. The molecule has 344 valence electrons. The van der Waals surface area contributed by atoms with Gasteiger partial charge in [0.05, 0.1) is 39.6 Å². The van der Waals surface area contributed by atoms with E-state index in [1.807, 2.05) is 118 Å². The Morgan fingerprint density at radius 3 is 0.689 bits per heavy atom. The molecule has 0 spiro atoms. The van der Waals surface area contributed by atoms with Gasteiger partial charge in [0.15, 0.2) is 0 Å². The van der Waals surface area contributed by atoms with E-state index in [9.17, 15) is 0 Å². The lowest BCUT2D eigenvalue weighted by Gasteiger charge is -2.27. The predicted molar refractivity (Wildman–Crippen MR) is 238 cm³/mol. The highest BCUT2D eigenvalue weighted by Gasteiger charge is 2.29. The van der Waals surface area contributed by atoms with Crippen molar-refractivity contribution in [3.63, 3.8) is 0 Å². The van der Waals surface area contributed by atoms with Crippen LogP contribution in [0.4, 0.5) is 0 Å². The zero-order valence-electron chi connectivity index (χ0n) is 38.7. The highest BCUT2D eigenvalue weighted by atomic mass is 79.9. The molecule has 1 N–H and O–H groups in total. The second-order valence-corrected chi connectivity index (χ2v) is 20.2. The lowest BCUT2D eigenvalue weighted by molar-refractivity contribution is -0.365. The van der Waals surface area contributed by atoms with Gasteiger partial charge in [-0.3, -0.25) is 5.26 Å².